The van der Waals surface area contributed by atoms with Crippen molar-refractivity contribution in [2.24, 2.45) is 11.8 Å². The monoisotopic (exact) mass is 241 g/mol. The Kier molecular flexibility index (Phi) is 2.59. The average Bonchev–Trinajstić information content (AvgIpc) is 3.13. The summed E-state index contributed by atoms with van der Waals surface area (Å²) in [5.74, 6) is 0.800. The summed E-state index contributed by atoms with van der Waals surface area (Å²) in [5.41, 5.74) is 3.20. The molecule has 3 atom stereocenters. The Bertz CT molecular complexity index is 544. The summed E-state index contributed by atoms with van der Waals surface area (Å²) in [4.78, 5) is 11.8. The van der Waals surface area contributed by atoms with Gasteiger partial charge in [-0.2, -0.15) is 5.26 Å². The molecule has 92 valence electrons. The van der Waals surface area contributed by atoms with Gasteiger partial charge in [-0.05, 0) is 48.9 Å². The number of ether oxygens (including phenoxy) is 1. The van der Waals surface area contributed by atoms with Crippen molar-refractivity contribution in [2.45, 2.75) is 25.7 Å². The Balaban J connectivity index is 1.87. The summed E-state index contributed by atoms with van der Waals surface area (Å²) < 4.78 is 5.13. The van der Waals surface area contributed by atoms with Crippen LogP contribution in [0.25, 0.3) is 0 Å². The normalized spacial score (nSPS) is 27.7. The minimum absolute atomic E-state index is 0.0512. The zero-order valence-electron chi connectivity index (χ0n) is 10.3. The van der Waals surface area contributed by atoms with Crippen LogP contribution in [0.3, 0.4) is 0 Å². The van der Waals surface area contributed by atoms with E-state index in [0.29, 0.717) is 24.0 Å². The van der Waals surface area contributed by atoms with Crippen molar-refractivity contribution in [1.29, 1.82) is 5.26 Å². The minimum Gasteiger partial charge on any atom is -0.466 e. The largest absolute Gasteiger partial charge is 0.466 e. The van der Waals surface area contributed by atoms with Crippen LogP contribution in [0, 0.1) is 23.2 Å². The molecule has 0 heterocycles. The van der Waals surface area contributed by atoms with E-state index in [2.05, 4.69) is 6.07 Å². The van der Waals surface area contributed by atoms with Crippen LogP contribution in [0.1, 0.15) is 36.0 Å². The molecule has 1 fully saturated rings. The Morgan fingerprint density at radius 2 is 2.39 bits per heavy atom. The molecule has 0 aliphatic heterocycles. The zero-order valence-corrected chi connectivity index (χ0v) is 10.3. The van der Waals surface area contributed by atoms with Gasteiger partial charge in [0.1, 0.15) is 0 Å². The van der Waals surface area contributed by atoms with E-state index in [1.54, 1.807) is 0 Å². The number of hydrogen-bond acceptors (Lipinski definition) is 3. The van der Waals surface area contributed by atoms with Gasteiger partial charge in [0.25, 0.3) is 0 Å². The molecule has 1 saturated carbocycles. The predicted molar refractivity (Wildman–Crippen MR) is 65.8 cm³/mol. The van der Waals surface area contributed by atoms with Crippen molar-refractivity contribution in [3.05, 3.63) is 34.9 Å². The van der Waals surface area contributed by atoms with Gasteiger partial charge in [0.05, 0.1) is 24.2 Å². The van der Waals surface area contributed by atoms with Gasteiger partial charge in [0.15, 0.2) is 0 Å². The van der Waals surface area contributed by atoms with E-state index in [1.807, 2.05) is 25.1 Å². The molecule has 0 saturated heterocycles. The fourth-order valence-corrected chi connectivity index (χ4v) is 3.26. The summed E-state index contributed by atoms with van der Waals surface area (Å²) in [5, 5.41) is 8.90. The van der Waals surface area contributed by atoms with Gasteiger partial charge in [-0.25, -0.2) is 0 Å². The summed E-state index contributed by atoms with van der Waals surface area (Å²) >= 11 is 0. The number of esters is 1. The molecule has 0 aromatic heterocycles. The van der Waals surface area contributed by atoms with E-state index in [0.717, 1.165) is 12.8 Å². The number of nitriles is 1. The first-order chi connectivity index (χ1) is 8.76. The quantitative estimate of drug-likeness (QED) is 0.747. The highest BCUT2D eigenvalue weighted by atomic mass is 16.5. The number of aryl methyl sites for hydroxylation is 1. The maximum absolute atomic E-state index is 11.8. The molecule has 3 unspecified atom stereocenters. The lowest BCUT2D eigenvalue weighted by molar-refractivity contribution is -0.145. The molecular formula is C15H15NO2. The number of hydrogen-bond donors (Lipinski definition) is 0. The van der Waals surface area contributed by atoms with E-state index in [9.17, 15) is 4.79 Å². The summed E-state index contributed by atoms with van der Waals surface area (Å²) in [6.07, 6.45) is 2.01. The van der Waals surface area contributed by atoms with Crippen molar-refractivity contribution < 1.29 is 9.53 Å². The first-order valence-corrected chi connectivity index (χ1v) is 6.45. The Morgan fingerprint density at radius 3 is 3.11 bits per heavy atom. The van der Waals surface area contributed by atoms with Crippen molar-refractivity contribution in [3.8, 4) is 6.07 Å². The molecule has 0 bridgehead atoms. The molecule has 0 radical (unpaired) electrons. The second kappa shape index (κ2) is 4.13. The van der Waals surface area contributed by atoms with E-state index < -0.39 is 0 Å². The molecule has 0 spiro atoms. The number of rotatable bonds is 2. The maximum Gasteiger partial charge on any atom is 0.309 e. The van der Waals surface area contributed by atoms with Crippen LogP contribution in [0.15, 0.2) is 18.2 Å². The van der Waals surface area contributed by atoms with Crippen LogP contribution < -0.4 is 0 Å². The molecule has 3 heteroatoms. The standard InChI is InChI=1S/C15H15NO2/c1-2-18-15(17)14-12-6-4-10-7-9(8-16)3-5-11(10)13(12)14/h3,5,7,12-14H,2,4,6H2,1H3. The topological polar surface area (TPSA) is 50.1 Å². The summed E-state index contributed by atoms with van der Waals surface area (Å²) in [7, 11) is 0. The molecule has 1 aromatic carbocycles. The Hall–Kier alpha value is -1.82. The molecule has 1 aromatic rings. The van der Waals surface area contributed by atoms with Crippen LogP contribution in [-0.4, -0.2) is 12.6 Å². The number of carbonyl (C=O) groups is 1. The highest BCUT2D eigenvalue weighted by Crippen LogP contribution is 2.60. The highest BCUT2D eigenvalue weighted by molar-refractivity contribution is 5.79. The first-order valence-electron chi connectivity index (χ1n) is 6.45. The minimum atomic E-state index is -0.0512. The van der Waals surface area contributed by atoms with Gasteiger partial charge in [0, 0.05) is 5.92 Å². The maximum atomic E-state index is 11.8. The SMILES string of the molecule is CCOC(=O)C1C2CCc3cc(C#N)ccc3C21. The van der Waals surface area contributed by atoms with Gasteiger partial charge in [-0.3, -0.25) is 4.79 Å². The Morgan fingerprint density at radius 1 is 1.56 bits per heavy atom. The lowest BCUT2D eigenvalue weighted by Crippen LogP contribution is -2.08. The molecule has 2 aliphatic rings. The van der Waals surface area contributed by atoms with Crippen molar-refractivity contribution >= 4 is 5.97 Å². The van der Waals surface area contributed by atoms with E-state index in [-0.39, 0.29) is 11.9 Å². The molecule has 0 N–H and O–H groups in total. The second-order valence-electron chi connectivity index (χ2n) is 5.03. The third kappa shape index (κ3) is 1.60. The molecule has 3 nitrogen and oxygen atoms in total. The number of benzene rings is 1. The predicted octanol–water partition coefficient (Wildman–Crippen LogP) is 2.40. The second-order valence-corrected chi connectivity index (χ2v) is 5.03. The third-order valence-corrected chi connectivity index (χ3v) is 4.11. The first kappa shape index (κ1) is 11.3. The highest BCUT2D eigenvalue weighted by Gasteiger charge is 2.57. The van der Waals surface area contributed by atoms with Gasteiger partial charge in [0.2, 0.25) is 0 Å². The molecular weight excluding hydrogens is 226 g/mol. The lowest BCUT2D eigenvalue weighted by Gasteiger charge is -2.14. The summed E-state index contributed by atoms with van der Waals surface area (Å²) in [6.45, 7) is 2.30. The lowest BCUT2D eigenvalue weighted by atomic mass is 9.90. The van der Waals surface area contributed by atoms with Gasteiger partial charge in [-0.1, -0.05) is 6.07 Å². The van der Waals surface area contributed by atoms with E-state index >= 15 is 0 Å². The van der Waals surface area contributed by atoms with E-state index in [4.69, 9.17) is 10.00 Å². The molecule has 18 heavy (non-hydrogen) atoms. The van der Waals surface area contributed by atoms with Crippen LogP contribution >= 0.6 is 0 Å². The molecule has 0 amide bonds. The van der Waals surface area contributed by atoms with Crippen LogP contribution in [0.5, 0.6) is 0 Å². The van der Waals surface area contributed by atoms with Crippen molar-refractivity contribution in [3.63, 3.8) is 0 Å². The van der Waals surface area contributed by atoms with Crippen molar-refractivity contribution in [1.82, 2.24) is 0 Å². The van der Waals surface area contributed by atoms with E-state index in [1.165, 1.54) is 11.1 Å². The van der Waals surface area contributed by atoms with Crippen LogP contribution in [0.2, 0.25) is 0 Å². The fraction of sp³-hybridized carbons (Fsp3) is 0.467. The fourth-order valence-electron chi connectivity index (χ4n) is 3.26. The van der Waals surface area contributed by atoms with Crippen LogP contribution in [-0.2, 0) is 16.0 Å². The third-order valence-electron chi connectivity index (χ3n) is 4.11. The smallest absolute Gasteiger partial charge is 0.309 e. The van der Waals surface area contributed by atoms with Gasteiger partial charge in [-0.15, -0.1) is 0 Å². The van der Waals surface area contributed by atoms with Crippen molar-refractivity contribution in [2.75, 3.05) is 6.61 Å². The molecule has 3 rings (SSSR count). The number of nitrogens with zero attached hydrogens (tertiary/aromatic N) is 1. The average molecular weight is 241 g/mol. The Labute approximate surface area is 106 Å². The molecule has 2 aliphatic carbocycles. The van der Waals surface area contributed by atoms with Crippen LogP contribution in [0.4, 0.5) is 0 Å². The van der Waals surface area contributed by atoms with Gasteiger partial charge >= 0.3 is 5.97 Å². The van der Waals surface area contributed by atoms with Gasteiger partial charge < -0.3 is 4.74 Å². The number of fused-ring (bicyclic) bond motifs is 3. The summed E-state index contributed by atoms with van der Waals surface area (Å²) in [6, 6.07) is 8.00. The zero-order chi connectivity index (χ0) is 12.7. The number of carbonyl (C=O) groups excluding carboxylic acids is 1.